The molecule has 2 N–H and O–H groups in total. The molecule has 1 saturated heterocycles. The van der Waals surface area contributed by atoms with Gasteiger partial charge in [0.2, 0.25) is 11.8 Å². The number of aromatic nitrogens is 5. The number of likely N-dealkylation sites (tertiary alicyclic amines) is 1. The molecule has 2 amide bonds. The van der Waals surface area contributed by atoms with E-state index in [1.165, 1.54) is 4.90 Å². The number of nitrogens with zero attached hydrogens (tertiary/aromatic N) is 6. The molecule has 4 rings (SSSR count). The lowest BCUT2D eigenvalue weighted by atomic mass is 9.85. The zero-order valence-electron chi connectivity index (χ0n) is 18.8. The molecule has 2 aliphatic rings. The first-order chi connectivity index (χ1) is 15.2. The maximum absolute atomic E-state index is 13.7. The zero-order chi connectivity index (χ0) is 22.9. The van der Waals surface area contributed by atoms with Crippen LogP contribution >= 0.6 is 0 Å². The lowest BCUT2D eigenvalue weighted by molar-refractivity contribution is -0.144. The molecule has 3 heterocycles. The molecule has 2 fully saturated rings. The number of hydrogen-bond acceptors (Lipinski definition) is 7. The van der Waals surface area contributed by atoms with Gasteiger partial charge in [-0.1, -0.05) is 26.0 Å². The van der Waals surface area contributed by atoms with Gasteiger partial charge in [-0.2, -0.15) is 0 Å². The van der Waals surface area contributed by atoms with E-state index in [4.69, 9.17) is 0 Å². The molecule has 10 nitrogen and oxygen atoms in total. The minimum absolute atomic E-state index is 0.121. The van der Waals surface area contributed by atoms with Crippen LogP contribution < -0.4 is 5.32 Å². The van der Waals surface area contributed by atoms with Crippen LogP contribution in [0.15, 0.2) is 24.7 Å². The molecular formula is C22H31N7O3. The van der Waals surface area contributed by atoms with Gasteiger partial charge < -0.3 is 15.3 Å². The third-order valence-electron chi connectivity index (χ3n) is 5.97. The quantitative estimate of drug-likeness (QED) is 0.652. The number of carbonyl (C=O) groups excluding carboxylic acids is 2. The molecular weight excluding hydrogens is 410 g/mol. The summed E-state index contributed by atoms with van der Waals surface area (Å²) in [5, 5.41) is 21.7. The van der Waals surface area contributed by atoms with E-state index in [0.717, 1.165) is 18.5 Å². The van der Waals surface area contributed by atoms with Gasteiger partial charge in [-0.25, -0.2) is 14.6 Å². The van der Waals surface area contributed by atoms with Crippen LogP contribution in [0.2, 0.25) is 0 Å². The molecule has 2 unspecified atom stereocenters. The molecule has 10 heteroatoms. The van der Waals surface area contributed by atoms with Crippen LogP contribution in [0.25, 0.3) is 0 Å². The van der Waals surface area contributed by atoms with Gasteiger partial charge in [0, 0.05) is 50.4 Å². The van der Waals surface area contributed by atoms with Gasteiger partial charge in [0.1, 0.15) is 17.9 Å². The largest absolute Gasteiger partial charge is 0.391 e. The summed E-state index contributed by atoms with van der Waals surface area (Å²) in [6.07, 6.45) is 7.32. The van der Waals surface area contributed by atoms with Crippen LogP contribution in [0.3, 0.4) is 0 Å². The van der Waals surface area contributed by atoms with Gasteiger partial charge in [-0.05, 0) is 24.3 Å². The summed E-state index contributed by atoms with van der Waals surface area (Å²) in [4.78, 5) is 36.4. The van der Waals surface area contributed by atoms with Crippen molar-refractivity contribution < 1.29 is 14.7 Å². The second kappa shape index (κ2) is 8.93. The van der Waals surface area contributed by atoms with Crippen LogP contribution in [0, 0.1) is 5.41 Å². The molecule has 0 aromatic carbocycles. The Morgan fingerprint density at radius 2 is 1.97 bits per heavy atom. The predicted molar refractivity (Wildman–Crippen MR) is 115 cm³/mol. The van der Waals surface area contributed by atoms with Crippen molar-refractivity contribution in [1.29, 1.82) is 0 Å². The lowest BCUT2D eigenvalue weighted by Crippen LogP contribution is -2.50. The zero-order valence-corrected chi connectivity index (χ0v) is 18.8. The highest BCUT2D eigenvalue weighted by atomic mass is 16.3. The SMILES string of the molecule is CC(C)(C)[C@@H](C(=O)N1CC(O)CC1C(=O)NCCc1ncccn1)n1cc(C2CC2)nn1. The number of aliphatic hydroxyl groups excluding tert-OH is 1. The van der Waals surface area contributed by atoms with Gasteiger partial charge in [-0.3, -0.25) is 9.59 Å². The highest BCUT2D eigenvalue weighted by molar-refractivity contribution is 5.90. The average molecular weight is 442 g/mol. The molecule has 32 heavy (non-hydrogen) atoms. The van der Waals surface area contributed by atoms with E-state index in [1.807, 2.05) is 27.0 Å². The third kappa shape index (κ3) is 4.95. The summed E-state index contributed by atoms with van der Waals surface area (Å²) in [5.41, 5.74) is 0.455. The number of aliphatic hydroxyl groups is 1. The Morgan fingerprint density at radius 1 is 1.25 bits per heavy atom. The van der Waals surface area contributed by atoms with Crippen molar-refractivity contribution in [1.82, 2.24) is 35.2 Å². The van der Waals surface area contributed by atoms with E-state index in [9.17, 15) is 14.7 Å². The summed E-state index contributed by atoms with van der Waals surface area (Å²) in [5.74, 6) is 0.557. The van der Waals surface area contributed by atoms with E-state index in [2.05, 4.69) is 25.6 Å². The lowest BCUT2D eigenvalue weighted by Gasteiger charge is -2.34. The molecule has 1 aliphatic heterocycles. The smallest absolute Gasteiger partial charge is 0.248 e. The fourth-order valence-corrected chi connectivity index (χ4v) is 4.20. The normalized spacial score (nSPS) is 22.1. The average Bonchev–Trinajstić information content (AvgIpc) is 3.35. The Balaban J connectivity index is 1.47. The molecule has 3 atom stereocenters. The summed E-state index contributed by atoms with van der Waals surface area (Å²) in [6.45, 7) is 6.38. The van der Waals surface area contributed by atoms with Crippen molar-refractivity contribution in [3.05, 3.63) is 36.2 Å². The summed E-state index contributed by atoms with van der Waals surface area (Å²) in [7, 11) is 0. The monoisotopic (exact) mass is 441 g/mol. The highest BCUT2D eigenvalue weighted by Crippen LogP contribution is 2.40. The number of carbonyl (C=O) groups is 2. The first-order valence-electron chi connectivity index (χ1n) is 11.2. The Labute approximate surface area is 187 Å². The number of amides is 2. The Kier molecular flexibility index (Phi) is 6.23. The van der Waals surface area contributed by atoms with Crippen molar-refractivity contribution >= 4 is 11.8 Å². The van der Waals surface area contributed by atoms with E-state index in [-0.39, 0.29) is 24.8 Å². The summed E-state index contributed by atoms with van der Waals surface area (Å²) < 4.78 is 1.63. The summed E-state index contributed by atoms with van der Waals surface area (Å²) in [6, 6.07) is 0.381. The fraction of sp³-hybridized carbons (Fsp3) is 0.636. The predicted octanol–water partition coefficient (Wildman–Crippen LogP) is 0.853. The third-order valence-corrected chi connectivity index (χ3v) is 5.97. The van der Waals surface area contributed by atoms with Crippen molar-refractivity contribution in [2.24, 2.45) is 5.41 Å². The number of rotatable bonds is 7. The first kappa shape index (κ1) is 22.3. The summed E-state index contributed by atoms with van der Waals surface area (Å²) >= 11 is 0. The van der Waals surface area contributed by atoms with Crippen LogP contribution in [0.4, 0.5) is 0 Å². The maximum atomic E-state index is 13.7. The molecule has 2 aromatic rings. The van der Waals surface area contributed by atoms with E-state index in [1.54, 1.807) is 23.1 Å². The van der Waals surface area contributed by atoms with Crippen molar-refractivity contribution in [2.45, 2.75) is 70.6 Å². The van der Waals surface area contributed by atoms with E-state index in [0.29, 0.717) is 24.7 Å². The standard InChI is InChI=1S/C22H31N7O3/c1-22(2,3)19(29-13-16(26-27-29)14-5-6-14)21(32)28-12-15(30)11-17(28)20(31)25-10-7-18-23-8-4-9-24-18/h4,8-9,13-15,17,19,30H,5-7,10-12H2,1-3H3,(H,25,31)/t15?,17?,19-/m1/s1. The Hall–Kier alpha value is -2.88. The van der Waals surface area contributed by atoms with Crippen molar-refractivity contribution in [3.8, 4) is 0 Å². The maximum Gasteiger partial charge on any atom is 0.248 e. The molecule has 1 aliphatic carbocycles. The second-order valence-corrected chi connectivity index (χ2v) is 9.77. The molecule has 0 bridgehead atoms. The highest BCUT2D eigenvalue weighted by Gasteiger charge is 2.45. The van der Waals surface area contributed by atoms with Gasteiger partial charge in [0.25, 0.3) is 0 Å². The van der Waals surface area contributed by atoms with Crippen LogP contribution in [-0.2, 0) is 16.0 Å². The molecule has 172 valence electrons. The fourth-order valence-electron chi connectivity index (χ4n) is 4.20. The minimum atomic E-state index is -0.745. The molecule has 1 saturated carbocycles. The van der Waals surface area contributed by atoms with Crippen molar-refractivity contribution in [3.63, 3.8) is 0 Å². The van der Waals surface area contributed by atoms with E-state index >= 15 is 0 Å². The van der Waals surface area contributed by atoms with Crippen LogP contribution in [-0.4, -0.2) is 72.0 Å². The number of nitrogens with one attached hydrogen (secondary N) is 1. The van der Waals surface area contributed by atoms with Crippen LogP contribution in [0.1, 0.15) is 63.5 Å². The van der Waals surface area contributed by atoms with Gasteiger partial charge in [0.05, 0.1) is 11.8 Å². The van der Waals surface area contributed by atoms with Gasteiger partial charge >= 0.3 is 0 Å². The molecule has 0 spiro atoms. The van der Waals surface area contributed by atoms with Crippen molar-refractivity contribution in [2.75, 3.05) is 13.1 Å². The number of hydrogen-bond donors (Lipinski definition) is 2. The van der Waals surface area contributed by atoms with E-state index < -0.39 is 23.6 Å². The van der Waals surface area contributed by atoms with Gasteiger partial charge in [-0.15, -0.1) is 5.10 Å². The molecule has 2 aromatic heterocycles. The first-order valence-corrected chi connectivity index (χ1v) is 11.2. The Morgan fingerprint density at radius 3 is 2.62 bits per heavy atom. The van der Waals surface area contributed by atoms with Crippen LogP contribution in [0.5, 0.6) is 0 Å². The Bertz CT molecular complexity index is 952. The number of β-amino-alcohol motifs (C(OH)–C–C–N with tert-alkyl or cyclic N) is 1. The minimum Gasteiger partial charge on any atom is -0.391 e. The van der Waals surface area contributed by atoms with Gasteiger partial charge in [0.15, 0.2) is 0 Å². The topological polar surface area (TPSA) is 126 Å². The molecule has 0 radical (unpaired) electrons. The second-order valence-electron chi connectivity index (χ2n) is 9.77.